The molecule has 0 aliphatic carbocycles. The number of benzene rings is 1. The van der Waals surface area contributed by atoms with E-state index in [2.05, 4.69) is 11.3 Å². The Kier molecular flexibility index (Phi) is 6.35. The van der Waals surface area contributed by atoms with E-state index in [1.165, 1.54) is 36.7 Å². The van der Waals surface area contributed by atoms with E-state index >= 15 is 0 Å². The Morgan fingerprint density at radius 3 is 2.57 bits per heavy atom. The van der Waals surface area contributed by atoms with Crippen LogP contribution in [0.5, 0.6) is 5.75 Å². The first-order valence-electron chi connectivity index (χ1n) is 6.20. The Bertz CT molecular complexity index is 583. The van der Waals surface area contributed by atoms with Crippen molar-refractivity contribution >= 4 is 15.9 Å². The fourth-order valence-electron chi connectivity index (χ4n) is 1.43. The highest BCUT2D eigenvalue weighted by Gasteiger charge is 2.21. The first kappa shape index (κ1) is 17.2. The number of carbonyl (C=O) groups is 1. The molecule has 1 rings (SSSR count). The summed E-state index contributed by atoms with van der Waals surface area (Å²) in [6.45, 7) is 5.34. The molecule has 3 N–H and O–H groups in total. The van der Waals surface area contributed by atoms with Crippen LogP contribution in [-0.2, 0) is 14.8 Å². The lowest BCUT2D eigenvalue weighted by molar-refractivity contribution is -0.130. The van der Waals surface area contributed by atoms with Crippen molar-refractivity contribution in [3.8, 4) is 5.75 Å². The molecule has 0 aromatic heterocycles. The molecule has 1 aromatic carbocycles. The number of hydrogen-bond acceptors (Lipinski definition) is 5. The molecule has 0 radical (unpaired) electrons. The molecule has 1 atom stereocenters. The fraction of sp³-hybridized carbons (Fsp3) is 0.308. The summed E-state index contributed by atoms with van der Waals surface area (Å²) in [5.41, 5.74) is 1.38. The molecule has 0 heterocycles. The van der Waals surface area contributed by atoms with Gasteiger partial charge in [-0.05, 0) is 37.6 Å². The third-order valence-corrected chi connectivity index (χ3v) is 4.12. The van der Waals surface area contributed by atoms with E-state index in [1.807, 2.05) is 0 Å². The second kappa shape index (κ2) is 7.77. The van der Waals surface area contributed by atoms with Crippen molar-refractivity contribution in [2.75, 3.05) is 6.61 Å². The summed E-state index contributed by atoms with van der Waals surface area (Å²) in [5, 5.41) is 8.45. The molecule has 0 bridgehead atoms. The van der Waals surface area contributed by atoms with Crippen LogP contribution in [0.15, 0.2) is 41.8 Å². The molecule has 8 heteroatoms. The summed E-state index contributed by atoms with van der Waals surface area (Å²) < 4.78 is 31.5. The summed E-state index contributed by atoms with van der Waals surface area (Å²) in [7, 11) is -3.85. The summed E-state index contributed by atoms with van der Waals surface area (Å²) in [6.07, 6.45) is 2.41. The molecule has 0 aliphatic rings. The number of rotatable bonds is 8. The summed E-state index contributed by atoms with van der Waals surface area (Å²) in [6, 6.07) is 4.69. The predicted molar refractivity (Wildman–Crippen MR) is 76.5 cm³/mol. The van der Waals surface area contributed by atoms with Crippen LogP contribution in [0.3, 0.4) is 0 Å². The zero-order chi connectivity index (χ0) is 15.9. The van der Waals surface area contributed by atoms with Crippen LogP contribution in [0, 0.1) is 0 Å². The Balaban J connectivity index is 2.75. The largest absolute Gasteiger partial charge is 0.493 e. The highest BCUT2D eigenvalue weighted by Crippen LogP contribution is 2.16. The molecule has 0 fully saturated rings. The minimum Gasteiger partial charge on any atom is -0.493 e. The minimum atomic E-state index is -3.85. The van der Waals surface area contributed by atoms with Crippen molar-refractivity contribution in [3.63, 3.8) is 0 Å². The molecule has 116 valence electrons. The summed E-state index contributed by atoms with van der Waals surface area (Å²) in [5.74, 6) is -0.306. The molecule has 0 spiro atoms. The normalized spacial score (nSPS) is 12.5. The number of hydroxylamine groups is 1. The first-order chi connectivity index (χ1) is 9.90. The van der Waals surface area contributed by atoms with Crippen LogP contribution in [0.1, 0.15) is 13.3 Å². The molecule has 0 saturated carbocycles. The van der Waals surface area contributed by atoms with E-state index in [0.29, 0.717) is 18.8 Å². The molecule has 1 aromatic rings. The van der Waals surface area contributed by atoms with Gasteiger partial charge in [0, 0.05) is 0 Å². The Morgan fingerprint density at radius 2 is 2.05 bits per heavy atom. The second-order valence-electron chi connectivity index (χ2n) is 4.22. The quantitative estimate of drug-likeness (QED) is 0.285. The fourth-order valence-corrected chi connectivity index (χ4v) is 2.63. The first-order valence-corrected chi connectivity index (χ1v) is 7.69. The molecule has 21 heavy (non-hydrogen) atoms. The van der Waals surface area contributed by atoms with Crippen LogP contribution in [-0.4, -0.2) is 32.2 Å². The maximum atomic E-state index is 12.0. The Hall–Kier alpha value is -1.90. The van der Waals surface area contributed by atoms with Gasteiger partial charge in [0.1, 0.15) is 11.8 Å². The zero-order valence-electron chi connectivity index (χ0n) is 11.6. The highest BCUT2D eigenvalue weighted by molar-refractivity contribution is 7.89. The van der Waals surface area contributed by atoms with Crippen LogP contribution >= 0.6 is 0 Å². The van der Waals surface area contributed by atoms with Gasteiger partial charge < -0.3 is 4.74 Å². The molecule has 7 nitrogen and oxygen atoms in total. The van der Waals surface area contributed by atoms with Gasteiger partial charge in [-0.1, -0.05) is 6.08 Å². The number of ether oxygens (including phenoxy) is 1. The van der Waals surface area contributed by atoms with Gasteiger partial charge in [-0.3, -0.25) is 10.0 Å². The standard InChI is InChI=1S/C13H18N2O5S/c1-3-4-9-20-11-5-7-12(8-6-11)21(18,19)15-10(2)13(16)14-17/h3,5-8,10,15,17H,1,4,9H2,2H3,(H,14,16)/t10-/m1/s1. The van der Waals surface area contributed by atoms with E-state index in [9.17, 15) is 13.2 Å². The second-order valence-corrected chi connectivity index (χ2v) is 5.93. The molecule has 0 saturated heterocycles. The lowest BCUT2D eigenvalue weighted by atomic mass is 10.3. The molecule has 0 unspecified atom stereocenters. The van der Waals surface area contributed by atoms with Crippen molar-refractivity contribution in [2.45, 2.75) is 24.3 Å². The van der Waals surface area contributed by atoms with E-state index in [-0.39, 0.29) is 4.90 Å². The molecule has 1 amide bonds. The average Bonchev–Trinajstić information content (AvgIpc) is 2.46. The van der Waals surface area contributed by atoms with Crippen LogP contribution in [0.2, 0.25) is 0 Å². The van der Waals surface area contributed by atoms with Crippen molar-refractivity contribution in [3.05, 3.63) is 36.9 Å². The van der Waals surface area contributed by atoms with Gasteiger partial charge in [0.15, 0.2) is 0 Å². The predicted octanol–water partition coefficient (Wildman–Crippen LogP) is 0.814. The molecular weight excluding hydrogens is 296 g/mol. The smallest absolute Gasteiger partial charge is 0.261 e. The van der Waals surface area contributed by atoms with Gasteiger partial charge in [-0.25, -0.2) is 13.9 Å². The van der Waals surface area contributed by atoms with E-state index in [0.717, 1.165) is 0 Å². The van der Waals surface area contributed by atoms with E-state index in [4.69, 9.17) is 9.94 Å². The minimum absolute atomic E-state index is 0.00356. The number of amides is 1. The van der Waals surface area contributed by atoms with Gasteiger partial charge in [0.2, 0.25) is 10.0 Å². The molecular formula is C13H18N2O5S. The Labute approximate surface area is 123 Å². The molecule has 0 aliphatic heterocycles. The topological polar surface area (TPSA) is 105 Å². The number of nitrogens with one attached hydrogen (secondary N) is 2. The maximum absolute atomic E-state index is 12.0. The average molecular weight is 314 g/mol. The number of carbonyl (C=O) groups excluding carboxylic acids is 1. The van der Waals surface area contributed by atoms with Gasteiger partial charge in [-0.2, -0.15) is 4.72 Å². The number of hydrogen-bond donors (Lipinski definition) is 3. The van der Waals surface area contributed by atoms with Gasteiger partial charge >= 0.3 is 0 Å². The number of sulfonamides is 1. The third-order valence-electron chi connectivity index (χ3n) is 2.56. The lowest BCUT2D eigenvalue weighted by Crippen LogP contribution is -2.43. The van der Waals surface area contributed by atoms with Crippen LogP contribution in [0.25, 0.3) is 0 Å². The summed E-state index contributed by atoms with van der Waals surface area (Å²) in [4.78, 5) is 11.1. The van der Waals surface area contributed by atoms with Crippen molar-refractivity contribution < 1.29 is 23.2 Å². The lowest BCUT2D eigenvalue weighted by Gasteiger charge is -2.12. The Morgan fingerprint density at radius 1 is 1.43 bits per heavy atom. The highest BCUT2D eigenvalue weighted by atomic mass is 32.2. The van der Waals surface area contributed by atoms with Crippen molar-refractivity contribution in [2.24, 2.45) is 0 Å². The SMILES string of the molecule is C=CCCOc1ccc(S(=O)(=O)N[C@H](C)C(=O)NO)cc1. The summed E-state index contributed by atoms with van der Waals surface area (Å²) >= 11 is 0. The van der Waals surface area contributed by atoms with E-state index < -0.39 is 22.0 Å². The monoisotopic (exact) mass is 314 g/mol. The zero-order valence-corrected chi connectivity index (χ0v) is 12.4. The van der Waals surface area contributed by atoms with Gasteiger partial charge in [0.05, 0.1) is 11.5 Å². The van der Waals surface area contributed by atoms with Gasteiger partial charge in [-0.15, -0.1) is 6.58 Å². The maximum Gasteiger partial charge on any atom is 0.261 e. The van der Waals surface area contributed by atoms with Crippen LogP contribution < -0.4 is 14.9 Å². The third kappa shape index (κ3) is 5.18. The van der Waals surface area contributed by atoms with E-state index in [1.54, 1.807) is 6.08 Å². The van der Waals surface area contributed by atoms with Crippen molar-refractivity contribution in [1.29, 1.82) is 0 Å². The van der Waals surface area contributed by atoms with Crippen molar-refractivity contribution in [1.82, 2.24) is 10.2 Å². The van der Waals surface area contributed by atoms with Crippen LogP contribution in [0.4, 0.5) is 0 Å². The van der Waals surface area contributed by atoms with Gasteiger partial charge in [0.25, 0.3) is 5.91 Å².